The van der Waals surface area contributed by atoms with Crippen LogP contribution in [-0.4, -0.2) is 17.1 Å². The van der Waals surface area contributed by atoms with Crippen LogP contribution in [0.3, 0.4) is 0 Å². The smallest absolute Gasteiger partial charge is 0.259 e. The summed E-state index contributed by atoms with van der Waals surface area (Å²) in [6.45, 7) is 0. The van der Waals surface area contributed by atoms with Crippen molar-refractivity contribution in [2.45, 2.75) is 0 Å². The van der Waals surface area contributed by atoms with Crippen LogP contribution in [-0.2, 0) is 0 Å². The van der Waals surface area contributed by atoms with E-state index in [1.807, 2.05) is 0 Å². The molecule has 1 heterocycles. The minimum atomic E-state index is -0.206. The van der Waals surface area contributed by atoms with Crippen molar-refractivity contribution >= 4 is 23.1 Å². The number of hydrogen-bond acceptors (Lipinski definition) is 3. The number of aromatic nitrogens is 2. The summed E-state index contributed by atoms with van der Waals surface area (Å²) in [7, 11) is 1.56. The molecule has 0 atom stereocenters. The van der Waals surface area contributed by atoms with Crippen LogP contribution in [0.1, 0.15) is 0 Å². The molecular formula is C9H8N2O2S. The van der Waals surface area contributed by atoms with E-state index in [4.69, 9.17) is 17.0 Å². The number of fused-ring (bicyclic) bond motifs is 1. The van der Waals surface area contributed by atoms with Crippen LogP contribution in [0.2, 0.25) is 0 Å². The first-order chi connectivity index (χ1) is 6.70. The Labute approximate surface area is 84.6 Å². The van der Waals surface area contributed by atoms with Crippen molar-refractivity contribution in [3.05, 3.63) is 33.3 Å². The molecule has 0 unspecified atom stereocenters. The third-order valence-corrected chi connectivity index (χ3v) is 2.15. The molecular weight excluding hydrogens is 200 g/mol. The summed E-state index contributed by atoms with van der Waals surface area (Å²) in [5, 5.41) is 0.540. The fraction of sp³-hybridized carbons (Fsp3) is 0.111. The molecule has 0 fully saturated rings. The van der Waals surface area contributed by atoms with Gasteiger partial charge >= 0.3 is 0 Å². The van der Waals surface area contributed by atoms with Crippen molar-refractivity contribution < 1.29 is 4.74 Å². The van der Waals surface area contributed by atoms with E-state index in [2.05, 4.69) is 9.97 Å². The van der Waals surface area contributed by atoms with Crippen LogP contribution < -0.4 is 10.3 Å². The molecule has 14 heavy (non-hydrogen) atoms. The molecule has 1 aromatic carbocycles. The molecule has 0 saturated heterocycles. The lowest BCUT2D eigenvalue weighted by molar-refractivity contribution is 0.415. The SMILES string of the molecule is COc1ccc2[nH]c(=S)[nH]c(=O)c2c1. The molecule has 0 bridgehead atoms. The first-order valence-electron chi connectivity index (χ1n) is 4.01. The lowest BCUT2D eigenvalue weighted by Crippen LogP contribution is -2.07. The van der Waals surface area contributed by atoms with Gasteiger partial charge in [-0.25, -0.2) is 0 Å². The van der Waals surface area contributed by atoms with E-state index in [9.17, 15) is 4.79 Å². The third-order valence-electron chi connectivity index (χ3n) is 1.95. The van der Waals surface area contributed by atoms with Crippen molar-refractivity contribution in [1.29, 1.82) is 0 Å². The molecule has 1 aromatic heterocycles. The van der Waals surface area contributed by atoms with E-state index in [1.54, 1.807) is 25.3 Å². The van der Waals surface area contributed by atoms with Gasteiger partial charge in [-0.1, -0.05) is 0 Å². The average molecular weight is 208 g/mol. The highest BCUT2D eigenvalue weighted by Crippen LogP contribution is 2.15. The van der Waals surface area contributed by atoms with Gasteiger partial charge in [0.15, 0.2) is 4.77 Å². The predicted octanol–water partition coefficient (Wildman–Crippen LogP) is 1.59. The number of ether oxygens (including phenoxy) is 1. The molecule has 2 N–H and O–H groups in total. The monoisotopic (exact) mass is 208 g/mol. The zero-order valence-electron chi connectivity index (χ0n) is 7.46. The summed E-state index contributed by atoms with van der Waals surface area (Å²) in [6.07, 6.45) is 0. The van der Waals surface area contributed by atoms with Gasteiger partial charge in [0.2, 0.25) is 0 Å². The summed E-state index contributed by atoms with van der Waals surface area (Å²) >= 11 is 4.85. The standard InChI is InChI=1S/C9H8N2O2S/c1-13-5-2-3-7-6(4-5)8(12)11-9(14)10-7/h2-4H,1H3,(H2,10,11,12,14). The fourth-order valence-electron chi connectivity index (χ4n) is 1.27. The molecule has 2 rings (SSSR count). The van der Waals surface area contributed by atoms with E-state index >= 15 is 0 Å². The molecule has 0 amide bonds. The minimum absolute atomic E-state index is 0.206. The maximum absolute atomic E-state index is 11.5. The van der Waals surface area contributed by atoms with Gasteiger partial charge < -0.3 is 9.72 Å². The van der Waals surface area contributed by atoms with Crippen LogP contribution in [0.4, 0.5) is 0 Å². The van der Waals surface area contributed by atoms with E-state index in [1.165, 1.54) is 0 Å². The highest BCUT2D eigenvalue weighted by atomic mass is 32.1. The van der Waals surface area contributed by atoms with E-state index in [-0.39, 0.29) is 5.56 Å². The van der Waals surface area contributed by atoms with Gasteiger partial charge in [0.1, 0.15) is 5.75 Å². The molecule has 0 aliphatic heterocycles. The van der Waals surface area contributed by atoms with E-state index < -0.39 is 0 Å². The lowest BCUT2D eigenvalue weighted by Gasteiger charge is -2.01. The largest absolute Gasteiger partial charge is 0.497 e. The number of H-pyrrole nitrogens is 2. The van der Waals surface area contributed by atoms with Gasteiger partial charge in [-0.15, -0.1) is 0 Å². The van der Waals surface area contributed by atoms with Crippen molar-refractivity contribution in [1.82, 2.24) is 9.97 Å². The number of hydrogen-bond donors (Lipinski definition) is 2. The second-order valence-electron chi connectivity index (χ2n) is 2.82. The predicted molar refractivity (Wildman–Crippen MR) is 56.3 cm³/mol. The molecule has 0 radical (unpaired) electrons. The van der Waals surface area contributed by atoms with Crippen molar-refractivity contribution in [2.75, 3.05) is 7.11 Å². The fourth-order valence-corrected chi connectivity index (χ4v) is 1.47. The first kappa shape index (κ1) is 8.96. The molecule has 2 aromatic rings. The van der Waals surface area contributed by atoms with Crippen LogP contribution in [0.25, 0.3) is 10.9 Å². The minimum Gasteiger partial charge on any atom is -0.497 e. The Kier molecular flexibility index (Phi) is 2.09. The maximum atomic E-state index is 11.5. The molecule has 5 heteroatoms. The Morgan fingerprint density at radius 2 is 2.14 bits per heavy atom. The van der Waals surface area contributed by atoms with Crippen LogP contribution >= 0.6 is 12.2 Å². The van der Waals surface area contributed by atoms with Crippen molar-refractivity contribution in [2.24, 2.45) is 0 Å². The van der Waals surface area contributed by atoms with E-state index in [0.717, 1.165) is 0 Å². The Morgan fingerprint density at radius 3 is 2.86 bits per heavy atom. The highest BCUT2D eigenvalue weighted by molar-refractivity contribution is 7.71. The number of nitrogens with one attached hydrogen (secondary N) is 2. The Hall–Kier alpha value is -1.62. The third kappa shape index (κ3) is 1.42. The summed E-state index contributed by atoms with van der Waals surface area (Å²) < 4.78 is 5.34. The second kappa shape index (κ2) is 3.26. The zero-order valence-corrected chi connectivity index (χ0v) is 8.27. The van der Waals surface area contributed by atoms with E-state index in [0.29, 0.717) is 21.4 Å². The zero-order chi connectivity index (χ0) is 10.1. The molecule has 72 valence electrons. The molecule has 0 aliphatic rings. The van der Waals surface area contributed by atoms with Gasteiger partial charge in [-0.05, 0) is 30.4 Å². The molecule has 0 aliphatic carbocycles. The first-order valence-corrected chi connectivity index (χ1v) is 4.42. The van der Waals surface area contributed by atoms with Gasteiger partial charge in [0.25, 0.3) is 5.56 Å². The number of aromatic amines is 2. The average Bonchev–Trinajstić information content (AvgIpc) is 2.17. The topological polar surface area (TPSA) is 57.9 Å². The Balaban J connectivity index is 2.89. The number of rotatable bonds is 1. The van der Waals surface area contributed by atoms with Crippen LogP contribution in [0.5, 0.6) is 5.75 Å². The normalized spacial score (nSPS) is 10.4. The lowest BCUT2D eigenvalue weighted by atomic mass is 10.2. The quantitative estimate of drug-likeness (QED) is 0.700. The summed E-state index contributed by atoms with van der Waals surface area (Å²) in [5.74, 6) is 0.647. The van der Waals surface area contributed by atoms with Gasteiger partial charge in [-0.3, -0.25) is 9.78 Å². The van der Waals surface area contributed by atoms with Gasteiger partial charge in [0, 0.05) is 0 Å². The van der Waals surface area contributed by atoms with Gasteiger partial charge in [0.05, 0.1) is 18.0 Å². The number of benzene rings is 1. The summed E-state index contributed by atoms with van der Waals surface area (Å²) in [4.78, 5) is 16.9. The summed E-state index contributed by atoms with van der Waals surface area (Å²) in [5.41, 5.74) is 0.502. The Morgan fingerprint density at radius 1 is 1.36 bits per heavy atom. The maximum Gasteiger partial charge on any atom is 0.259 e. The summed E-state index contributed by atoms with van der Waals surface area (Å²) in [6, 6.07) is 5.20. The van der Waals surface area contributed by atoms with Crippen LogP contribution in [0, 0.1) is 4.77 Å². The molecule has 0 spiro atoms. The van der Waals surface area contributed by atoms with Crippen molar-refractivity contribution in [3.8, 4) is 5.75 Å². The highest BCUT2D eigenvalue weighted by Gasteiger charge is 2.00. The number of methoxy groups -OCH3 is 1. The van der Waals surface area contributed by atoms with Gasteiger partial charge in [-0.2, -0.15) is 0 Å². The van der Waals surface area contributed by atoms with Crippen LogP contribution in [0.15, 0.2) is 23.0 Å². The molecule has 4 nitrogen and oxygen atoms in total. The second-order valence-corrected chi connectivity index (χ2v) is 3.23. The molecule has 0 saturated carbocycles. The Bertz CT molecular complexity index is 585. The van der Waals surface area contributed by atoms with Crippen molar-refractivity contribution in [3.63, 3.8) is 0 Å².